The highest BCUT2D eigenvalue weighted by Gasteiger charge is 2.11. The van der Waals surface area contributed by atoms with E-state index in [2.05, 4.69) is 5.32 Å². The fraction of sp³-hybridized carbons (Fsp3) is 1.00. The Morgan fingerprint density at radius 1 is 1.00 bits per heavy atom. The molecule has 1 aliphatic rings. The van der Waals surface area contributed by atoms with Gasteiger partial charge in [0.05, 0.1) is 33.0 Å². The summed E-state index contributed by atoms with van der Waals surface area (Å²) < 4.78 is 20.9. The summed E-state index contributed by atoms with van der Waals surface area (Å²) >= 11 is 0. The molecule has 0 amide bonds. The first-order valence-corrected chi connectivity index (χ1v) is 6.39. The Balaban J connectivity index is 1.75. The molecule has 0 spiro atoms. The van der Waals surface area contributed by atoms with Crippen molar-refractivity contribution in [1.82, 2.24) is 5.32 Å². The average molecular weight is 247 g/mol. The number of nitrogens with one attached hydrogen (secondary N) is 1. The minimum Gasteiger partial charge on any atom is -0.382 e. The van der Waals surface area contributed by atoms with Crippen molar-refractivity contribution in [3.63, 3.8) is 0 Å². The van der Waals surface area contributed by atoms with Crippen LogP contribution in [0.3, 0.4) is 0 Å². The van der Waals surface area contributed by atoms with Crippen LogP contribution in [0.1, 0.15) is 12.8 Å². The van der Waals surface area contributed by atoms with E-state index in [0.717, 1.165) is 39.2 Å². The fourth-order valence-electron chi connectivity index (χ4n) is 1.70. The van der Waals surface area contributed by atoms with Crippen LogP contribution in [-0.4, -0.2) is 65.9 Å². The van der Waals surface area contributed by atoms with Gasteiger partial charge >= 0.3 is 0 Å². The van der Waals surface area contributed by atoms with E-state index in [1.54, 1.807) is 7.11 Å². The summed E-state index contributed by atoms with van der Waals surface area (Å²) in [5.41, 5.74) is 0. The Labute approximate surface area is 104 Å². The lowest BCUT2D eigenvalue weighted by Gasteiger charge is -2.23. The minimum atomic E-state index is 0.602. The molecule has 0 atom stereocenters. The fourth-order valence-corrected chi connectivity index (χ4v) is 1.70. The van der Waals surface area contributed by atoms with E-state index in [9.17, 15) is 0 Å². The molecule has 0 aliphatic carbocycles. The molecule has 5 nitrogen and oxygen atoms in total. The lowest BCUT2D eigenvalue weighted by atomic mass is 10.1. The predicted octanol–water partition coefficient (Wildman–Crippen LogP) is 0.435. The molecule has 0 radical (unpaired) electrons. The van der Waals surface area contributed by atoms with Gasteiger partial charge in [-0.3, -0.25) is 0 Å². The Morgan fingerprint density at radius 3 is 2.35 bits per heavy atom. The van der Waals surface area contributed by atoms with Crippen molar-refractivity contribution < 1.29 is 18.9 Å². The van der Waals surface area contributed by atoms with Gasteiger partial charge in [-0.25, -0.2) is 0 Å². The van der Waals surface area contributed by atoms with Gasteiger partial charge < -0.3 is 24.3 Å². The van der Waals surface area contributed by atoms with Gasteiger partial charge in [0.15, 0.2) is 0 Å². The maximum absolute atomic E-state index is 5.45. The van der Waals surface area contributed by atoms with Crippen LogP contribution >= 0.6 is 0 Å². The van der Waals surface area contributed by atoms with Crippen molar-refractivity contribution in [1.29, 1.82) is 0 Å². The third kappa shape index (κ3) is 8.51. The second-order valence-electron chi connectivity index (χ2n) is 4.06. The molecule has 1 saturated heterocycles. The van der Waals surface area contributed by atoms with E-state index < -0.39 is 0 Å². The molecule has 17 heavy (non-hydrogen) atoms. The zero-order chi connectivity index (χ0) is 12.2. The molecule has 5 heteroatoms. The van der Waals surface area contributed by atoms with Crippen LogP contribution in [0.4, 0.5) is 0 Å². The van der Waals surface area contributed by atoms with Gasteiger partial charge in [-0.2, -0.15) is 0 Å². The summed E-state index contributed by atoms with van der Waals surface area (Å²) in [6, 6.07) is 0.602. The molecule has 0 unspecified atom stereocenters. The highest BCUT2D eigenvalue weighted by molar-refractivity contribution is 4.69. The summed E-state index contributed by atoms with van der Waals surface area (Å²) in [7, 11) is 1.67. The Kier molecular flexibility index (Phi) is 9.55. The average Bonchev–Trinajstić information content (AvgIpc) is 2.38. The van der Waals surface area contributed by atoms with Gasteiger partial charge in [-0.15, -0.1) is 0 Å². The molecule has 0 aromatic carbocycles. The summed E-state index contributed by atoms with van der Waals surface area (Å²) in [4.78, 5) is 0. The van der Waals surface area contributed by atoms with Gasteiger partial charge in [-0.1, -0.05) is 0 Å². The molecule has 0 aromatic rings. The standard InChI is InChI=1S/C12H25NO4/c1-14-8-9-17-11-10-16-7-4-13-12-2-5-15-6-3-12/h12-13H,2-11H2,1H3. The second kappa shape index (κ2) is 10.9. The number of methoxy groups -OCH3 is 1. The van der Waals surface area contributed by atoms with Crippen molar-refractivity contribution in [3.05, 3.63) is 0 Å². The molecule has 1 rings (SSSR count). The van der Waals surface area contributed by atoms with Crippen LogP contribution in [-0.2, 0) is 18.9 Å². The van der Waals surface area contributed by atoms with Crippen LogP contribution in [0.5, 0.6) is 0 Å². The van der Waals surface area contributed by atoms with E-state index in [4.69, 9.17) is 18.9 Å². The highest BCUT2D eigenvalue weighted by atomic mass is 16.5. The van der Waals surface area contributed by atoms with Crippen molar-refractivity contribution >= 4 is 0 Å². The minimum absolute atomic E-state index is 0.602. The van der Waals surface area contributed by atoms with Gasteiger partial charge in [0, 0.05) is 32.9 Å². The van der Waals surface area contributed by atoms with Crippen molar-refractivity contribution in [2.75, 3.05) is 59.9 Å². The van der Waals surface area contributed by atoms with Gasteiger partial charge in [-0.05, 0) is 12.8 Å². The zero-order valence-electron chi connectivity index (χ0n) is 10.8. The molecular weight excluding hydrogens is 222 g/mol. The number of hydrogen-bond acceptors (Lipinski definition) is 5. The SMILES string of the molecule is COCCOCCOCCNC1CCOCC1. The van der Waals surface area contributed by atoms with E-state index >= 15 is 0 Å². The number of hydrogen-bond donors (Lipinski definition) is 1. The number of rotatable bonds is 10. The Bertz CT molecular complexity index is 163. The summed E-state index contributed by atoms with van der Waals surface area (Å²) in [5, 5.41) is 3.47. The third-order valence-corrected chi connectivity index (χ3v) is 2.70. The molecule has 0 bridgehead atoms. The van der Waals surface area contributed by atoms with Gasteiger partial charge in [0.1, 0.15) is 0 Å². The molecule has 1 aliphatic heterocycles. The Hall–Kier alpha value is -0.200. The van der Waals surface area contributed by atoms with E-state index in [0.29, 0.717) is 32.5 Å². The highest BCUT2D eigenvalue weighted by Crippen LogP contribution is 2.05. The third-order valence-electron chi connectivity index (χ3n) is 2.70. The first kappa shape index (κ1) is 14.9. The smallest absolute Gasteiger partial charge is 0.0701 e. The van der Waals surface area contributed by atoms with Crippen LogP contribution < -0.4 is 5.32 Å². The largest absolute Gasteiger partial charge is 0.382 e. The van der Waals surface area contributed by atoms with Crippen molar-refractivity contribution in [2.45, 2.75) is 18.9 Å². The molecule has 1 fully saturated rings. The molecule has 0 aromatic heterocycles. The first-order valence-electron chi connectivity index (χ1n) is 6.39. The monoisotopic (exact) mass is 247 g/mol. The first-order chi connectivity index (χ1) is 8.43. The lowest BCUT2D eigenvalue weighted by Crippen LogP contribution is -2.36. The van der Waals surface area contributed by atoms with Crippen LogP contribution in [0.25, 0.3) is 0 Å². The molecule has 0 saturated carbocycles. The number of ether oxygens (including phenoxy) is 4. The summed E-state index contributed by atoms with van der Waals surface area (Å²) in [6.07, 6.45) is 2.22. The maximum atomic E-state index is 5.45. The van der Waals surface area contributed by atoms with Crippen LogP contribution in [0, 0.1) is 0 Å². The zero-order valence-corrected chi connectivity index (χ0v) is 10.8. The molecule has 1 heterocycles. The van der Waals surface area contributed by atoms with E-state index in [-0.39, 0.29) is 0 Å². The summed E-state index contributed by atoms with van der Waals surface area (Å²) in [5.74, 6) is 0. The van der Waals surface area contributed by atoms with Crippen molar-refractivity contribution in [3.8, 4) is 0 Å². The second-order valence-corrected chi connectivity index (χ2v) is 4.06. The quantitative estimate of drug-likeness (QED) is 0.568. The summed E-state index contributed by atoms with van der Waals surface area (Å²) in [6.45, 7) is 5.98. The Morgan fingerprint density at radius 2 is 1.65 bits per heavy atom. The molecular formula is C12H25NO4. The lowest BCUT2D eigenvalue weighted by molar-refractivity contribution is 0.0238. The van der Waals surface area contributed by atoms with E-state index in [1.165, 1.54) is 0 Å². The van der Waals surface area contributed by atoms with Crippen LogP contribution in [0.15, 0.2) is 0 Å². The maximum Gasteiger partial charge on any atom is 0.0701 e. The van der Waals surface area contributed by atoms with E-state index in [1.807, 2.05) is 0 Å². The normalized spacial score (nSPS) is 17.5. The van der Waals surface area contributed by atoms with Gasteiger partial charge in [0.25, 0.3) is 0 Å². The molecule has 1 N–H and O–H groups in total. The van der Waals surface area contributed by atoms with Crippen molar-refractivity contribution in [2.24, 2.45) is 0 Å². The van der Waals surface area contributed by atoms with Gasteiger partial charge in [0.2, 0.25) is 0 Å². The molecule has 102 valence electrons. The topological polar surface area (TPSA) is 49.0 Å². The van der Waals surface area contributed by atoms with Crippen LogP contribution in [0.2, 0.25) is 0 Å². The predicted molar refractivity (Wildman–Crippen MR) is 65.4 cm³/mol.